The maximum atomic E-state index is 5.36. The van der Waals surface area contributed by atoms with Gasteiger partial charge in [-0.1, -0.05) is 146 Å². The molecule has 0 unspecified atom stereocenters. The molecule has 8 rings (SSSR count). The average molecular weight is 550 g/mol. The smallest absolute Gasteiger partial charge is 0.162 e. The van der Waals surface area contributed by atoms with Gasteiger partial charge in [0, 0.05) is 22.2 Å². The van der Waals surface area contributed by atoms with Gasteiger partial charge in [-0.05, 0) is 40.5 Å². The van der Waals surface area contributed by atoms with Crippen molar-refractivity contribution in [3.63, 3.8) is 0 Å². The summed E-state index contributed by atoms with van der Waals surface area (Å²) >= 11 is 0. The van der Waals surface area contributed by atoms with Gasteiger partial charge in [-0.15, -0.1) is 0 Å². The molecule has 0 amide bonds. The molecule has 0 aliphatic heterocycles. The minimum Gasteiger partial charge on any atom is -0.294 e. The molecule has 0 saturated heterocycles. The number of para-hydroxylation sites is 2. The van der Waals surface area contributed by atoms with Gasteiger partial charge in [0.2, 0.25) is 0 Å². The molecule has 0 bridgehead atoms. The fourth-order valence-electron chi connectivity index (χ4n) is 6.02. The Balaban J connectivity index is 1.44. The third-order valence-corrected chi connectivity index (χ3v) is 8.05. The maximum absolute atomic E-state index is 5.36. The lowest BCUT2D eigenvalue weighted by Crippen LogP contribution is -2.00. The van der Waals surface area contributed by atoms with Gasteiger partial charge in [0.25, 0.3) is 0 Å². The Morgan fingerprint density at radius 3 is 1.65 bits per heavy atom. The van der Waals surface area contributed by atoms with Gasteiger partial charge in [-0.3, -0.25) is 4.57 Å². The Kier molecular flexibility index (Phi) is 6.12. The Labute approximate surface area is 250 Å². The number of hydrogen-bond acceptors (Lipinski definition) is 2. The Bertz CT molecular complexity index is 2200. The average Bonchev–Trinajstić information content (AvgIpc) is 3.43. The van der Waals surface area contributed by atoms with Crippen LogP contribution in [0.4, 0.5) is 0 Å². The van der Waals surface area contributed by atoms with Crippen molar-refractivity contribution in [1.82, 2.24) is 14.5 Å². The molecule has 2 aromatic heterocycles. The number of nitrogens with zero attached hydrogens (tertiary/aromatic N) is 3. The lowest BCUT2D eigenvalue weighted by Gasteiger charge is -2.13. The first-order valence-electron chi connectivity index (χ1n) is 14.5. The minimum absolute atomic E-state index is 0.699. The molecule has 43 heavy (non-hydrogen) atoms. The first-order chi connectivity index (χ1) is 21.3. The number of hydrogen-bond donors (Lipinski definition) is 0. The molecule has 0 saturated carbocycles. The molecule has 0 fully saturated rings. The monoisotopic (exact) mass is 549 g/mol. The number of rotatable bonds is 5. The van der Waals surface area contributed by atoms with Gasteiger partial charge < -0.3 is 0 Å². The molecule has 0 spiro atoms. The van der Waals surface area contributed by atoms with Gasteiger partial charge in [0.15, 0.2) is 5.82 Å². The van der Waals surface area contributed by atoms with Crippen LogP contribution >= 0.6 is 0 Å². The molecule has 3 heteroatoms. The van der Waals surface area contributed by atoms with E-state index in [2.05, 4.69) is 156 Å². The molecular weight excluding hydrogens is 522 g/mol. The maximum Gasteiger partial charge on any atom is 0.162 e. The van der Waals surface area contributed by atoms with Crippen molar-refractivity contribution in [3.8, 4) is 50.6 Å². The first-order valence-corrected chi connectivity index (χ1v) is 14.5. The van der Waals surface area contributed by atoms with Gasteiger partial charge in [-0.2, -0.15) is 0 Å². The van der Waals surface area contributed by atoms with Crippen LogP contribution in [0.2, 0.25) is 0 Å². The van der Waals surface area contributed by atoms with Crippen LogP contribution in [-0.4, -0.2) is 14.5 Å². The van der Waals surface area contributed by atoms with Crippen molar-refractivity contribution >= 4 is 21.9 Å². The summed E-state index contributed by atoms with van der Waals surface area (Å²) in [7, 11) is 0. The van der Waals surface area contributed by atoms with Gasteiger partial charge >= 0.3 is 0 Å². The van der Waals surface area contributed by atoms with E-state index < -0.39 is 0 Å². The molecule has 8 aromatic rings. The van der Waals surface area contributed by atoms with Crippen LogP contribution < -0.4 is 0 Å². The molecule has 2 heterocycles. The SMILES string of the molecule is c1ccc(-c2ccc(-c3nc(-c4ccccc4-c4ccccc4)c4c5ccccc5n(-c5ccccc5)c4n3)cc2)cc1. The Morgan fingerprint density at radius 2 is 0.930 bits per heavy atom. The normalized spacial score (nSPS) is 11.3. The largest absolute Gasteiger partial charge is 0.294 e. The fourth-order valence-corrected chi connectivity index (χ4v) is 6.02. The first kappa shape index (κ1) is 25.0. The van der Waals surface area contributed by atoms with E-state index in [1.165, 1.54) is 11.1 Å². The molecule has 6 aromatic carbocycles. The van der Waals surface area contributed by atoms with Crippen molar-refractivity contribution in [2.45, 2.75) is 0 Å². The van der Waals surface area contributed by atoms with E-state index in [0.29, 0.717) is 5.82 Å². The summed E-state index contributed by atoms with van der Waals surface area (Å²) < 4.78 is 2.27. The van der Waals surface area contributed by atoms with Crippen molar-refractivity contribution in [2.75, 3.05) is 0 Å². The number of fused-ring (bicyclic) bond motifs is 3. The zero-order valence-electron chi connectivity index (χ0n) is 23.4. The van der Waals surface area contributed by atoms with Gasteiger partial charge in [0.05, 0.1) is 16.6 Å². The van der Waals surface area contributed by atoms with E-state index in [1.54, 1.807) is 0 Å². The van der Waals surface area contributed by atoms with Crippen molar-refractivity contribution in [2.24, 2.45) is 0 Å². The second-order valence-corrected chi connectivity index (χ2v) is 10.6. The third kappa shape index (κ3) is 4.39. The quantitative estimate of drug-likeness (QED) is 0.214. The second-order valence-electron chi connectivity index (χ2n) is 10.6. The lowest BCUT2D eigenvalue weighted by molar-refractivity contribution is 1.11. The summed E-state index contributed by atoms with van der Waals surface area (Å²) in [5.74, 6) is 0.699. The topological polar surface area (TPSA) is 30.7 Å². The minimum atomic E-state index is 0.699. The fraction of sp³-hybridized carbons (Fsp3) is 0. The molecule has 0 aliphatic carbocycles. The Morgan fingerprint density at radius 1 is 0.395 bits per heavy atom. The van der Waals surface area contributed by atoms with Crippen LogP contribution in [0.15, 0.2) is 164 Å². The van der Waals surface area contributed by atoms with Crippen molar-refractivity contribution in [1.29, 1.82) is 0 Å². The predicted molar refractivity (Wildman–Crippen MR) is 178 cm³/mol. The summed E-state index contributed by atoms with van der Waals surface area (Å²) in [6.45, 7) is 0. The van der Waals surface area contributed by atoms with E-state index in [1.807, 2.05) is 12.1 Å². The molecular formula is C40H27N3. The van der Waals surface area contributed by atoms with Gasteiger partial charge in [-0.25, -0.2) is 9.97 Å². The molecule has 202 valence electrons. The molecule has 0 aliphatic rings. The van der Waals surface area contributed by atoms with E-state index in [4.69, 9.17) is 9.97 Å². The number of benzene rings is 6. The molecule has 0 N–H and O–H groups in total. The zero-order valence-corrected chi connectivity index (χ0v) is 23.4. The highest BCUT2D eigenvalue weighted by atomic mass is 15.1. The van der Waals surface area contributed by atoms with Crippen LogP contribution in [0.3, 0.4) is 0 Å². The van der Waals surface area contributed by atoms with E-state index in [0.717, 1.165) is 55.6 Å². The highest BCUT2D eigenvalue weighted by Gasteiger charge is 2.22. The summed E-state index contributed by atoms with van der Waals surface area (Å²) in [5, 5.41) is 2.18. The summed E-state index contributed by atoms with van der Waals surface area (Å²) in [5.41, 5.74) is 10.7. The second kappa shape index (κ2) is 10.6. The standard InChI is InChI=1S/C40H27N3/c1-4-14-28(15-5-1)29-24-26-31(27-25-29)39-41-38(34-21-11-10-20-33(34)30-16-6-2-7-17-30)37-35-22-12-13-23-36(35)43(40(37)42-39)32-18-8-3-9-19-32/h1-27H. The zero-order chi connectivity index (χ0) is 28.6. The van der Waals surface area contributed by atoms with Crippen LogP contribution in [0.25, 0.3) is 72.5 Å². The molecule has 0 atom stereocenters. The third-order valence-electron chi connectivity index (χ3n) is 8.05. The van der Waals surface area contributed by atoms with Crippen LogP contribution in [0.1, 0.15) is 0 Å². The predicted octanol–water partition coefficient (Wildman–Crippen LogP) is 10.2. The van der Waals surface area contributed by atoms with Gasteiger partial charge in [0.1, 0.15) is 5.65 Å². The van der Waals surface area contributed by atoms with E-state index in [-0.39, 0.29) is 0 Å². The highest BCUT2D eigenvalue weighted by Crippen LogP contribution is 2.41. The Hall–Kier alpha value is -5.80. The summed E-state index contributed by atoms with van der Waals surface area (Å²) in [4.78, 5) is 10.7. The van der Waals surface area contributed by atoms with Crippen molar-refractivity contribution < 1.29 is 0 Å². The van der Waals surface area contributed by atoms with Crippen molar-refractivity contribution in [3.05, 3.63) is 164 Å². The number of aromatic nitrogens is 3. The van der Waals surface area contributed by atoms with Crippen LogP contribution in [-0.2, 0) is 0 Å². The lowest BCUT2D eigenvalue weighted by atomic mass is 9.95. The summed E-state index contributed by atoms with van der Waals surface area (Å²) in [6, 6.07) is 57.2. The summed E-state index contributed by atoms with van der Waals surface area (Å²) in [6.07, 6.45) is 0. The molecule has 0 radical (unpaired) electrons. The highest BCUT2D eigenvalue weighted by molar-refractivity contribution is 6.15. The van der Waals surface area contributed by atoms with Crippen LogP contribution in [0.5, 0.6) is 0 Å². The van der Waals surface area contributed by atoms with E-state index in [9.17, 15) is 0 Å². The molecule has 3 nitrogen and oxygen atoms in total. The van der Waals surface area contributed by atoms with E-state index >= 15 is 0 Å². The van der Waals surface area contributed by atoms with Crippen LogP contribution in [0, 0.1) is 0 Å².